The second-order valence-corrected chi connectivity index (χ2v) is 7.23. The average Bonchev–Trinajstić information content (AvgIpc) is 3.09. The van der Waals surface area contributed by atoms with Crippen LogP contribution in [0.2, 0.25) is 0 Å². The molecule has 0 fully saturated rings. The Morgan fingerprint density at radius 1 is 0.885 bits per heavy atom. The number of benzene rings is 3. The lowest BCUT2D eigenvalue weighted by Crippen LogP contribution is -2.35. The van der Waals surface area contributed by atoms with E-state index in [1.54, 1.807) is 0 Å². The van der Waals surface area contributed by atoms with E-state index in [2.05, 4.69) is 40.2 Å². The Hall–Kier alpha value is -2.43. The van der Waals surface area contributed by atoms with E-state index < -0.39 is 0 Å². The zero-order chi connectivity index (χ0) is 17.9. The lowest BCUT2D eigenvalue weighted by Gasteiger charge is -2.27. The van der Waals surface area contributed by atoms with Gasteiger partial charge < -0.3 is 5.11 Å². The topological polar surface area (TPSA) is 35.8 Å². The number of para-hydroxylation sites is 1. The second kappa shape index (κ2) is 7.44. The monoisotopic (exact) mass is 406 g/mol. The van der Waals surface area contributed by atoms with Gasteiger partial charge in [0.25, 0.3) is 0 Å². The van der Waals surface area contributed by atoms with Crippen molar-refractivity contribution in [2.45, 2.75) is 12.0 Å². The highest BCUT2D eigenvalue weighted by Gasteiger charge is 2.39. The summed E-state index contributed by atoms with van der Waals surface area (Å²) in [4.78, 5) is 0. The minimum Gasteiger partial charge on any atom is -0.394 e. The number of hydrazone groups is 1. The molecule has 3 nitrogen and oxygen atoms in total. The maximum atomic E-state index is 10.2. The van der Waals surface area contributed by atoms with Gasteiger partial charge >= 0.3 is 0 Å². The minimum atomic E-state index is -0.151. The summed E-state index contributed by atoms with van der Waals surface area (Å²) in [5.74, 6) is -0.0138. The highest BCUT2D eigenvalue weighted by atomic mass is 79.9. The zero-order valence-electron chi connectivity index (χ0n) is 14.2. The molecule has 1 aliphatic rings. The van der Waals surface area contributed by atoms with Crippen molar-refractivity contribution in [3.8, 4) is 0 Å². The molecular weight excluding hydrogens is 388 g/mol. The van der Waals surface area contributed by atoms with Gasteiger partial charge in [-0.3, -0.25) is 5.01 Å². The van der Waals surface area contributed by atoms with Crippen LogP contribution in [0, 0.1) is 0 Å². The summed E-state index contributed by atoms with van der Waals surface area (Å²) in [5, 5.41) is 17.1. The van der Waals surface area contributed by atoms with Crippen LogP contribution >= 0.6 is 15.9 Å². The quantitative estimate of drug-likeness (QED) is 0.673. The van der Waals surface area contributed by atoms with E-state index in [1.165, 1.54) is 0 Å². The van der Waals surface area contributed by atoms with Crippen LogP contribution in [-0.2, 0) is 0 Å². The summed E-state index contributed by atoms with van der Waals surface area (Å²) < 4.78 is 1.03. The SMILES string of the molecule is OC[C@H]1[C@H](c2cccc(Br)c2)C(c2ccccc2)=NN1c1ccccc1. The summed E-state index contributed by atoms with van der Waals surface area (Å²) in [7, 11) is 0. The molecule has 26 heavy (non-hydrogen) atoms. The smallest absolute Gasteiger partial charge is 0.0881 e. The lowest BCUT2D eigenvalue weighted by atomic mass is 9.85. The van der Waals surface area contributed by atoms with Crippen molar-refractivity contribution < 1.29 is 5.11 Å². The molecule has 4 heteroatoms. The van der Waals surface area contributed by atoms with Crippen LogP contribution in [0.25, 0.3) is 0 Å². The van der Waals surface area contributed by atoms with Gasteiger partial charge in [-0.2, -0.15) is 5.10 Å². The van der Waals surface area contributed by atoms with E-state index in [4.69, 9.17) is 5.10 Å². The van der Waals surface area contributed by atoms with E-state index in [1.807, 2.05) is 65.7 Å². The van der Waals surface area contributed by atoms with Crippen molar-refractivity contribution in [3.63, 3.8) is 0 Å². The number of hydrogen-bond donors (Lipinski definition) is 1. The average molecular weight is 407 g/mol. The Labute approximate surface area is 161 Å². The number of aliphatic hydroxyl groups excluding tert-OH is 1. The lowest BCUT2D eigenvalue weighted by molar-refractivity contribution is 0.259. The molecule has 0 aromatic heterocycles. The van der Waals surface area contributed by atoms with E-state index in [9.17, 15) is 5.11 Å². The molecule has 0 saturated carbocycles. The highest BCUT2D eigenvalue weighted by molar-refractivity contribution is 9.10. The maximum absolute atomic E-state index is 10.2. The molecule has 0 unspecified atom stereocenters. The van der Waals surface area contributed by atoms with Crippen LogP contribution in [0.4, 0.5) is 5.69 Å². The Kier molecular flexibility index (Phi) is 4.87. The molecule has 1 aliphatic heterocycles. The Balaban J connectivity index is 1.85. The molecule has 3 aromatic carbocycles. The van der Waals surface area contributed by atoms with E-state index in [0.717, 1.165) is 27.0 Å². The predicted octanol–water partition coefficient (Wildman–Crippen LogP) is 4.82. The van der Waals surface area contributed by atoms with Gasteiger partial charge in [0, 0.05) is 4.47 Å². The summed E-state index contributed by atoms with van der Waals surface area (Å²) in [6.07, 6.45) is 0. The van der Waals surface area contributed by atoms with Crippen LogP contribution in [0.1, 0.15) is 17.0 Å². The number of nitrogens with zero attached hydrogens (tertiary/aromatic N) is 2. The zero-order valence-corrected chi connectivity index (χ0v) is 15.8. The van der Waals surface area contributed by atoms with Crippen LogP contribution in [0.3, 0.4) is 0 Å². The van der Waals surface area contributed by atoms with Gasteiger partial charge in [-0.25, -0.2) is 0 Å². The minimum absolute atomic E-state index is 0.0138. The fourth-order valence-electron chi connectivity index (χ4n) is 3.51. The summed E-state index contributed by atoms with van der Waals surface area (Å²) >= 11 is 3.57. The van der Waals surface area contributed by atoms with Crippen LogP contribution in [0.15, 0.2) is 94.5 Å². The van der Waals surface area contributed by atoms with Gasteiger partial charge in [-0.05, 0) is 35.4 Å². The summed E-state index contributed by atoms with van der Waals surface area (Å²) in [6.45, 7) is 0.0197. The molecule has 0 radical (unpaired) electrons. The number of rotatable bonds is 4. The van der Waals surface area contributed by atoms with Crippen molar-refractivity contribution in [1.82, 2.24) is 0 Å². The summed E-state index contributed by atoms with van der Waals surface area (Å²) in [6, 6.07) is 28.3. The Bertz CT molecular complexity index is 912. The molecule has 0 bridgehead atoms. The molecule has 0 saturated heterocycles. The van der Waals surface area contributed by atoms with Crippen LogP contribution in [-0.4, -0.2) is 23.5 Å². The fraction of sp³-hybridized carbons (Fsp3) is 0.136. The van der Waals surface area contributed by atoms with E-state index in [0.29, 0.717) is 0 Å². The van der Waals surface area contributed by atoms with Gasteiger partial charge in [0.15, 0.2) is 0 Å². The molecule has 0 amide bonds. The van der Waals surface area contributed by atoms with Gasteiger partial charge in [-0.15, -0.1) is 0 Å². The Morgan fingerprint density at radius 2 is 1.58 bits per heavy atom. The van der Waals surface area contributed by atoms with E-state index >= 15 is 0 Å². The predicted molar refractivity (Wildman–Crippen MR) is 110 cm³/mol. The molecule has 0 spiro atoms. The van der Waals surface area contributed by atoms with Gasteiger partial charge in [0.05, 0.1) is 30.0 Å². The molecule has 3 aromatic rings. The summed E-state index contributed by atoms with van der Waals surface area (Å²) in [5.41, 5.74) is 4.18. The van der Waals surface area contributed by atoms with Gasteiger partial charge in [-0.1, -0.05) is 76.6 Å². The first-order valence-corrected chi connectivity index (χ1v) is 9.42. The molecular formula is C22H19BrN2O. The Morgan fingerprint density at radius 3 is 2.23 bits per heavy atom. The largest absolute Gasteiger partial charge is 0.394 e. The first-order valence-electron chi connectivity index (χ1n) is 8.62. The van der Waals surface area contributed by atoms with Crippen molar-refractivity contribution in [2.24, 2.45) is 5.10 Å². The number of halogens is 1. The molecule has 130 valence electrons. The third-order valence-electron chi connectivity index (χ3n) is 4.69. The van der Waals surface area contributed by atoms with Gasteiger partial charge in [0.2, 0.25) is 0 Å². The molecule has 4 rings (SSSR count). The highest BCUT2D eigenvalue weighted by Crippen LogP contribution is 2.37. The molecule has 1 N–H and O–H groups in total. The fourth-order valence-corrected chi connectivity index (χ4v) is 3.93. The number of hydrogen-bond acceptors (Lipinski definition) is 3. The van der Waals surface area contributed by atoms with Crippen molar-refractivity contribution >= 4 is 27.3 Å². The normalized spacial score (nSPS) is 19.5. The van der Waals surface area contributed by atoms with Crippen molar-refractivity contribution in [3.05, 3.63) is 101 Å². The van der Waals surface area contributed by atoms with Crippen molar-refractivity contribution in [2.75, 3.05) is 11.6 Å². The number of aliphatic hydroxyl groups is 1. The molecule has 1 heterocycles. The van der Waals surface area contributed by atoms with Crippen molar-refractivity contribution in [1.29, 1.82) is 0 Å². The standard InChI is InChI=1S/C22H19BrN2O/c23-18-11-7-10-17(14-18)21-20(15-26)25(19-12-5-2-6-13-19)24-22(21)16-8-3-1-4-9-16/h1-14,20-21,26H,15H2/t20-,21-/m0/s1. The third-order valence-corrected chi connectivity index (χ3v) is 5.19. The van der Waals surface area contributed by atoms with Gasteiger partial charge in [0.1, 0.15) is 0 Å². The number of anilines is 1. The van der Waals surface area contributed by atoms with E-state index in [-0.39, 0.29) is 18.6 Å². The van der Waals surface area contributed by atoms with Crippen LogP contribution in [0.5, 0.6) is 0 Å². The molecule has 0 aliphatic carbocycles. The third kappa shape index (κ3) is 3.18. The molecule has 2 atom stereocenters. The maximum Gasteiger partial charge on any atom is 0.0881 e. The van der Waals surface area contributed by atoms with Crippen LogP contribution < -0.4 is 5.01 Å². The second-order valence-electron chi connectivity index (χ2n) is 6.31. The first kappa shape index (κ1) is 17.0. The first-order chi connectivity index (χ1) is 12.8.